The van der Waals surface area contributed by atoms with E-state index < -0.39 is 0 Å². The fourth-order valence-electron chi connectivity index (χ4n) is 3.27. The van der Waals surface area contributed by atoms with Crippen LogP contribution in [0, 0.1) is 0 Å². The first-order valence-electron chi connectivity index (χ1n) is 7.53. The van der Waals surface area contributed by atoms with Gasteiger partial charge < -0.3 is 0 Å². The van der Waals surface area contributed by atoms with Crippen molar-refractivity contribution >= 4 is 38.0 Å². The van der Waals surface area contributed by atoms with Crippen molar-refractivity contribution in [3.05, 3.63) is 69.4 Å². The number of fused-ring (bicyclic) bond motifs is 2. The van der Waals surface area contributed by atoms with Gasteiger partial charge in [0.2, 0.25) is 0 Å². The molecule has 1 aliphatic rings. The van der Waals surface area contributed by atoms with Gasteiger partial charge in [-0.05, 0) is 53.6 Å². The molecule has 0 amide bonds. The molecule has 0 nitrogen and oxygen atoms in total. The Morgan fingerprint density at radius 3 is 2.81 bits per heavy atom. The lowest BCUT2D eigenvalue weighted by atomic mass is 10.0. The summed E-state index contributed by atoms with van der Waals surface area (Å²) in [5.41, 5.74) is 3.03. The third-order valence-corrected chi connectivity index (χ3v) is 6.82. The van der Waals surface area contributed by atoms with E-state index in [4.69, 9.17) is 0 Å². The van der Waals surface area contributed by atoms with Gasteiger partial charge in [0.15, 0.2) is 0 Å². The molecule has 2 heteroatoms. The van der Waals surface area contributed by atoms with Gasteiger partial charge in [-0.2, -0.15) is 0 Å². The molecule has 1 aromatic heterocycles. The van der Waals surface area contributed by atoms with Crippen LogP contribution in [0.4, 0.5) is 0 Å². The van der Waals surface area contributed by atoms with Crippen molar-refractivity contribution < 1.29 is 0 Å². The number of aryl methyl sites for hydroxylation is 2. The number of benzene rings is 2. The van der Waals surface area contributed by atoms with Crippen LogP contribution in [0.1, 0.15) is 32.1 Å². The van der Waals surface area contributed by atoms with E-state index in [1.54, 1.807) is 10.4 Å². The van der Waals surface area contributed by atoms with E-state index >= 15 is 0 Å². The maximum Gasteiger partial charge on any atom is 0.0529 e. The lowest BCUT2D eigenvalue weighted by Crippen LogP contribution is -1.94. The predicted octanol–water partition coefficient (Wildman–Crippen LogP) is 6.07. The Balaban J connectivity index is 1.64. The van der Waals surface area contributed by atoms with Crippen molar-refractivity contribution in [2.24, 2.45) is 0 Å². The summed E-state index contributed by atoms with van der Waals surface area (Å²) in [5, 5.41) is 2.72. The maximum atomic E-state index is 3.92. The fraction of sp³-hybridized carbons (Fsp3) is 0.263. The Morgan fingerprint density at radius 1 is 1.05 bits per heavy atom. The number of alkyl halides is 1. The second kappa shape index (κ2) is 5.58. The van der Waals surface area contributed by atoms with Crippen LogP contribution in [0.5, 0.6) is 0 Å². The van der Waals surface area contributed by atoms with Gasteiger partial charge >= 0.3 is 0 Å². The molecule has 0 aliphatic heterocycles. The summed E-state index contributed by atoms with van der Waals surface area (Å²) in [6, 6.07) is 17.7. The summed E-state index contributed by atoms with van der Waals surface area (Å²) >= 11 is 5.93. The average Bonchev–Trinajstić information content (AvgIpc) is 3.09. The molecule has 0 fully saturated rings. The molecule has 0 saturated carbocycles. The van der Waals surface area contributed by atoms with Crippen molar-refractivity contribution in [2.75, 3.05) is 0 Å². The van der Waals surface area contributed by atoms with Crippen molar-refractivity contribution in [2.45, 2.75) is 30.5 Å². The zero-order chi connectivity index (χ0) is 14.2. The second-order valence-electron chi connectivity index (χ2n) is 5.76. The number of thiophene rings is 1. The summed E-state index contributed by atoms with van der Waals surface area (Å²) in [7, 11) is 0. The molecule has 0 N–H and O–H groups in total. The van der Waals surface area contributed by atoms with Crippen molar-refractivity contribution in [1.29, 1.82) is 0 Å². The summed E-state index contributed by atoms with van der Waals surface area (Å²) < 4.78 is 0. The van der Waals surface area contributed by atoms with E-state index in [2.05, 4.69) is 64.5 Å². The molecule has 1 unspecified atom stereocenters. The average molecular weight is 357 g/mol. The standard InChI is InChI=1S/C19H17BrS/c20-17(19-12-15-8-4-10-18(15)21-19)11-14-7-3-6-13-5-1-2-9-16(13)14/h1-3,5-7,9,12,17H,4,8,10-11H2. The Bertz CT molecular complexity index is 760. The van der Waals surface area contributed by atoms with Crippen LogP contribution in [0.3, 0.4) is 0 Å². The smallest absolute Gasteiger partial charge is 0.0529 e. The van der Waals surface area contributed by atoms with E-state index in [9.17, 15) is 0 Å². The lowest BCUT2D eigenvalue weighted by molar-refractivity contribution is 0.910. The molecule has 0 spiro atoms. The zero-order valence-corrected chi connectivity index (χ0v) is 14.2. The van der Waals surface area contributed by atoms with E-state index in [1.807, 2.05) is 11.3 Å². The molecule has 4 rings (SSSR count). The number of halogens is 1. The first-order valence-corrected chi connectivity index (χ1v) is 9.26. The third-order valence-electron chi connectivity index (χ3n) is 4.35. The molecular formula is C19H17BrS. The molecule has 21 heavy (non-hydrogen) atoms. The largest absolute Gasteiger partial charge is 0.144 e. The van der Waals surface area contributed by atoms with Crippen LogP contribution < -0.4 is 0 Å². The number of rotatable bonds is 3. The summed E-state index contributed by atoms with van der Waals surface area (Å²) in [6.07, 6.45) is 4.96. The molecule has 0 saturated heterocycles. The lowest BCUT2D eigenvalue weighted by Gasteiger charge is -2.11. The molecule has 1 atom stereocenters. The fourth-order valence-corrected chi connectivity index (χ4v) is 5.27. The third kappa shape index (κ3) is 2.56. The SMILES string of the molecule is BrC(Cc1cccc2ccccc12)c1cc2c(s1)CCC2. The summed E-state index contributed by atoms with van der Waals surface area (Å²) in [5.74, 6) is 0. The summed E-state index contributed by atoms with van der Waals surface area (Å²) in [6.45, 7) is 0. The number of hydrogen-bond donors (Lipinski definition) is 0. The number of hydrogen-bond acceptors (Lipinski definition) is 1. The minimum absolute atomic E-state index is 0.430. The Hall–Kier alpha value is -1.12. The first kappa shape index (κ1) is 13.5. The summed E-state index contributed by atoms with van der Waals surface area (Å²) in [4.78, 5) is 3.54. The molecule has 1 heterocycles. The van der Waals surface area contributed by atoms with Crippen LogP contribution >= 0.6 is 27.3 Å². The van der Waals surface area contributed by atoms with Gasteiger partial charge in [-0.25, -0.2) is 0 Å². The highest BCUT2D eigenvalue weighted by Gasteiger charge is 2.19. The normalized spacial score (nSPS) is 15.3. The molecule has 0 bridgehead atoms. The molecule has 1 aliphatic carbocycles. The highest BCUT2D eigenvalue weighted by atomic mass is 79.9. The predicted molar refractivity (Wildman–Crippen MR) is 95.7 cm³/mol. The molecule has 2 aromatic carbocycles. The maximum absolute atomic E-state index is 3.92. The van der Waals surface area contributed by atoms with Crippen molar-refractivity contribution in [3.8, 4) is 0 Å². The van der Waals surface area contributed by atoms with Gasteiger partial charge in [-0.1, -0.05) is 58.4 Å². The van der Waals surface area contributed by atoms with Crippen LogP contribution in [0.15, 0.2) is 48.5 Å². The topological polar surface area (TPSA) is 0 Å². The van der Waals surface area contributed by atoms with Gasteiger partial charge in [0.1, 0.15) is 0 Å². The minimum atomic E-state index is 0.430. The van der Waals surface area contributed by atoms with E-state index in [0.29, 0.717) is 4.83 Å². The minimum Gasteiger partial charge on any atom is -0.144 e. The van der Waals surface area contributed by atoms with Gasteiger partial charge in [-0.3, -0.25) is 0 Å². The Kier molecular flexibility index (Phi) is 3.60. The highest BCUT2D eigenvalue weighted by Crippen LogP contribution is 2.39. The molecule has 106 valence electrons. The van der Waals surface area contributed by atoms with Gasteiger partial charge in [0, 0.05) is 9.75 Å². The molecule has 3 aromatic rings. The van der Waals surface area contributed by atoms with Crippen molar-refractivity contribution in [1.82, 2.24) is 0 Å². The van der Waals surface area contributed by atoms with E-state index in [1.165, 1.54) is 40.5 Å². The second-order valence-corrected chi connectivity index (χ2v) is 8.03. The zero-order valence-electron chi connectivity index (χ0n) is 11.8. The Labute approximate surface area is 137 Å². The van der Waals surface area contributed by atoms with E-state index in [-0.39, 0.29) is 0 Å². The van der Waals surface area contributed by atoms with Crippen LogP contribution in [-0.2, 0) is 19.3 Å². The highest BCUT2D eigenvalue weighted by molar-refractivity contribution is 9.09. The van der Waals surface area contributed by atoms with Gasteiger partial charge in [0.05, 0.1) is 4.83 Å². The van der Waals surface area contributed by atoms with Crippen LogP contribution in [0.2, 0.25) is 0 Å². The van der Waals surface area contributed by atoms with Crippen molar-refractivity contribution in [3.63, 3.8) is 0 Å². The Morgan fingerprint density at radius 2 is 1.90 bits per heavy atom. The molecule has 0 radical (unpaired) electrons. The van der Waals surface area contributed by atoms with Crippen LogP contribution in [0.25, 0.3) is 10.8 Å². The quantitative estimate of drug-likeness (QED) is 0.499. The monoisotopic (exact) mass is 356 g/mol. The molecular weight excluding hydrogens is 340 g/mol. The van der Waals surface area contributed by atoms with E-state index in [0.717, 1.165) is 6.42 Å². The van der Waals surface area contributed by atoms with Crippen LogP contribution in [-0.4, -0.2) is 0 Å². The van der Waals surface area contributed by atoms with Gasteiger partial charge in [-0.15, -0.1) is 11.3 Å². The van der Waals surface area contributed by atoms with Gasteiger partial charge in [0.25, 0.3) is 0 Å². The first-order chi connectivity index (χ1) is 10.3.